The molecule has 0 aliphatic carbocycles. The normalized spacial score (nSPS) is 10.9. The van der Waals surface area contributed by atoms with Gasteiger partial charge in [-0.05, 0) is 61.5 Å². The van der Waals surface area contributed by atoms with Crippen molar-refractivity contribution >= 4 is 40.9 Å². The first-order valence-electron chi connectivity index (χ1n) is 10.3. The molecule has 3 rings (SSSR count). The first kappa shape index (κ1) is 25.0. The van der Waals surface area contributed by atoms with Crippen LogP contribution >= 0.6 is 23.2 Å². The van der Waals surface area contributed by atoms with E-state index in [0.29, 0.717) is 27.8 Å². The standard InChI is InChI=1S/C26H22Cl2N2O4/c1-17-3-5-21(6-4-17)30-26(31)19(16-29)13-18-14-20(27)15-24(28)25(18)34-12-11-33-23-9-7-22(32-2)8-10-23/h3-10,13-15H,11-12H2,1-2H3,(H,30,31). The molecule has 0 bridgehead atoms. The predicted molar refractivity (Wildman–Crippen MR) is 134 cm³/mol. The number of amides is 1. The van der Waals surface area contributed by atoms with Crippen LogP contribution in [0.2, 0.25) is 10.0 Å². The topological polar surface area (TPSA) is 80.6 Å². The summed E-state index contributed by atoms with van der Waals surface area (Å²) in [4.78, 5) is 12.6. The summed E-state index contributed by atoms with van der Waals surface area (Å²) in [5.41, 5.74) is 1.91. The molecule has 0 atom stereocenters. The molecular weight excluding hydrogens is 475 g/mol. The summed E-state index contributed by atoms with van der Waals surface area (Å²) in [6.07, 6.45) is 1.39. The van der Waals surface area contributed by atoms with Crippen molar-refractivity contribution in [2.24, 2.45) is 0 Å². The number of aryl methyl sites for hydroxylation is 1. The van der Waals surface area contributed by atoms with Gasteiger partial charge >= 0.3 is 0 Å². The molecule has 174 valence electrons. The van der Waals surface area contributed by atoms with Crippen LogP contribution in [-0.4, -0.2) is 26.2 Å². The Labute approximate surface area is 208 Å². The maximum Gasteiger partial charge on any atom is 0.266 e. The van der Waals surface area contributed by atoms with Gasteiger partial charge in [-0.1, -0.05) is 40.9 Å². The third-order valence-electron chi connectivity index (χ3n) is 4.67. The lowest BCUT2D eigenvalue weighted by Crippen LogP contribution is -2.13. The van der Waals surface area contributed by atoms with Crippen LogP contribution in [0.1, 0.15) is 11.1 Å². The second-order valence-corrected chi connectivity index (χ2v) is 8.01. The molecule has 8 heteroatoms. The van der Waals surface area contributed by atoms with Crippen LogP contribution in [0.25, 0.3) is 6.08 Å². The predicted octanol–water partition coefficient (Wildman–Crippen LogP) is 6.31. The lowest BCUT2D eigenvalue weighted by atomic mass is 10.1. The van der Waals surface area contributed by atoms with Crippen LogP contribution in [0.5, 0.6) is 17.2 Å². The molecule has 0 spiro atoms. The van der Waals surface area contributed by atoms with E-state index in [1.807, 2.05) is 25.1 Å². The van der Waals surface area contributed by atoms with E-state index < -0.39 is 5.91 Å². The molecule has 0 unspecified atom stereocenters. The van der Waals surface area contributed by atoms with Crippen molar-refractivity contribution in [3.63, 3.8) is 0 Å². The molecule has 6 nitrogen and oxygen atoms in total. The fraction of sp³-hybridized carbons (Fsp3) is 0.154. The monoisotopic (exact) mass is 496 g/mol. The number of hydrogen-bond donors (Lipinski definition) is 1. The van der Waals surface area contributed by atoms with Gasteiger partial charge in [-0.15, -0.1) is 0 Å². The Morgan fingerprint density at radius 1 is 1.00 bits per heavy atom. The first-order chi connectivity index (χ1) is 16.4. The van der Waals surface area contributed by atoms with E-state index in [-0.39, 0.29) is 23.8 Å². The molecule has 0 aromatic heterocycles. The number of methoxy groups -OCH3 is 1. The van der Waals surface area contributed by atoms with E-state index in [2.05, 4.69) is 5.32 Å². The van der Waals surface area contributed by atoms with Gasteiger partial charge in [0, 0.05) is 16.3 Å². The molecule has 3 aromatic rings. The van der Waals surface area contributed by atoms with Gasteiger partial charge in [0.25, 0.3) is 5.91 Å². The highest BCUT2D eigenvalue weighted by atomic mass is 35.5. The number of anilines is 1. The smallest absolute Gasteiger partial charge is 0.266 e. The van der Waals surface area contributed by atoms with Crippen LogP contribution in [0.15, 0.2) is 66.2 Å². The van der Waals surface area contributed by atoms with E-state index >= 15 is 0 Å². The zero-order valence-corrected chi connectivity index (χ0v) is 20.1. The minimum atomic E-state index is -0.559. The van der Waals surface area contributed by atoms with Crippen LogP contribution in [0, 0.1) is 18.3 Å². The maximum absolute atomic E-state index is 12.6. The largest absolute Gasteiger partial charge is 0.497 e. The third kappa shape index (κ3) is 6.92. The number of nitrogens with zero attached hydrogens (tertiary/aromatic N) is 1. The summed E-state index contributed by atoms with van der Waals surface area (Å²) in [6, 6.07) is 19.4. The molecule has 0 aliphatic heterocycles. The Hall–Kier alpha value is -3.66. The lowest BCUT2D eigenvalue weighted by Gasteiger charge is -2.13. The summed E-state index contributed by atoms with van der Waals surface area (Å²) in [6.45, 7) is 2.36. The molecule has 3 aromatic carbocycles. The number of nitrogens with one attached hydrogen (secondary N) is 1. The third-order valence-corrected chi connectivity index (χ3v) is 5.17. The molecule has 0 saturated heterocycles. The first-order valence-corrected chi connectivity index (χ1v) is 11.0. The second kappa shape index (κ2) is 12.0. The van der Waals surface area contributed by atoms with Crippen molar-refractivity contribution in [3.05, 3.63) is 87.4 Å². The van der Waals surface area contributed by atoms with Crippen LogP contribution in [0.3, 0.4) is 0 Å². The zero-order chi connectivity index (χ0) is 24.5. The lowest BCUT2D eigenvalue weighted by molar-refractivity contribution is -0.112. The van der Waals surface area contributed by atoms with Gasteiger partial charge in [-0.25, -0.2) is 0 Å². The summed E-state index contributed by atoms with van der Waals surface area (Å²) >= 11 is 12.5. The average molecular weight is 497 g/mol. The van der Waals surface area contributed by atoms with Crippen LogP contribution in [0.4, 0.5) is 5.69 Å². The van der Waals surface area contributed by atoms with E-state index in [1.54, 1.807) is 49.6 Å². The van der Waals surface area contributed by atoms with Gasteiger partial charge in [0.1, 0.15) is 42.1 Å². The maximum atomic E-state index is 12.6. The Morgan fingerprint density at radius 3 is 2.29 bits per heavy atom. The van der Waals surface area contributed by atoms with Crippen molar-refractivity contribution in [2.75, 3.05) is 25.6 Å². The number of benzene rings is 3. The Kier molecular flexibility index (Phi) is 8.80. The molecule has 0 saturated carbocycles. The van der Waals surface area contributed by atoms with Gasteiger partial charge in [-0.3, -0.25) is 4.79 Å². The van der Waals surface area contributed by atoms with Crippen LogP contribution in [-0.2, 0) is 4.79 Å². The van der Waals surface area contributed by atoms with Crippen molar-refractivity contribution in [3.8, 4) is 23.3 Å². The van der Waals surface area contributed by atoms with Crippen molar-refractivity contribution in [1.29, 1.82) is 5.26 Å². The van der Waals surface area contributed by atoms with Crippen molar-refractivity contribution < 1.29 is 19.0 Å². The van der Waals surface area contributed by atoms with E-state index in [4.69, 9.17) is 37.4 Å². The van der Waals surface area contributed by atoms with E-state index in [9.17, 15) is 10.1 Å². The summed E-state index contributed by atoms with van der Waals surface area (Å²) in [5, 5.41) is 12.9. The summed E-state index contributed by atoms with van der Waals surface area (Å²) in [5.74, 6) is 1.12. The van der Waals surface area contributed by atoms with E-state index in [1.165, 1.54) is 12.1 Å². The molecule has 1 amide bonds. The molecule has 0 radical (unpaired) electrons. The molecule has 0 aliphatic rings. The number of halogens is 2. The Bertz CT molecular complexity index is 1220. The minimum Gasteiger partial charge on any atom is -0.497 e. The average Bonchev–Trinajstić information content (AvgIpc) is 2.83. The summed E-state index contributed by atoms with van der Waals surface area (Å²) in [7, 11) is 1.59. The highest BCUT2D eigenvalue weighted by Gasteiger charge is 2.15. The van der Waals surface area contributed by atoms with E-state index in [0.717, 1.165) is 11.3 Å². The van der Waals surface area contributed by atoms with Gasteiger partial charge in [0.2, 0.25) is 0 Å². The van der Waals surface area contributed by atoms with Gasteiger partial charge in [-0.2, -0.15) is 5.26 Å². The highest BCUT2D eigenvalue weighted by molar-refractivity contribution is 6.36. The zero-order valence-electron chi connectivity index (χ0n) is 18.6. The fourth-order valence-corrected chi connectivity index (χ4v) is 3.52. The Morgan fingerprint density at radius 2 is 1.65 bits per heavy atom. The van der Waals surface area contributed by atoms with Gasteiger partial charge < -0.3 is 19.5 Å². The molecular formula is C26H22Cl2N2O4. The Balaban J connectivity index is 1.72. The number of carbonyl (C=O) groups excluding carboxylic acids is 1. The fourth-order valence-electron chi connectivity index (χ4n) is 2.95. The molecule has 1 N–H and O–H groups in total. The second-order valence-electron chi connectivity index (χ2n) is 7.17. The molecule has 34 heavy (non-hydrogen) atoms. The molecule has 0 fully saturated rings. The SMILES string of the molecule is COc1ccc(OCCOc2c(Cl)cc(Cl)cc2C=C(C#N)C(=O)Nc2ccc(C)cc2)cc1. The quantitative estimate of drug-likeness (QED) is 0.213. The number of nitriles is 1. The van der Waals surface area contributed by atoms with Crippen LogP contribution < -0.4 is 19.5 Å². The highest BCUT2D eigenvalue weighted by Crippen LogP contribution is 2.34. The number of carbonyl (C=O) groups is 1. The summed E-state index contributed by atoms with van der Waals surface area (Å²) < 4.78 is 16.6. The van der Waals surface area contributed by atoms with Gasteiger partial charge in [0.15, 0.2) is 0 Å². The van der Waals surface area contributed by atoms with Gasteiger partial charge in [0.05, 0.1) is 12.1 Å². The number of rotatable bonds is 9. The van der Waals surface area contributed by atoms with Crippen molar-refractivity contribution in [1.82, 2.24) is 0 Å². The molecule has 0 heterocycles. The number of ether oxygens (including phenoxy) is 3. The number of hydrogen-bond acceptors (Lipinski definition) is 5. The minimum absolute atomic E-state index is 0.127. The van der Waals surface area contributed by atoms with Crippen molar-refractivity contribution in [2.45, 2.75) is 6.92 Å².